The predicted molar refractivity (Wildman–Crippen MR) is 115 cm³/mol. The number of ether oxygens (including phenoxy) is 1. The average Bonchev–Trinajstić information content (AvgIpc) is 3.09. The van der Waals surface area contributed by atoms with Crippen molar-refractivity contribution in [2.75, 3.05) is 18.5 Å². The van der Waals surface area contributed by atoms with E-state index in [-0.39, 0.29) is 18.0 Å². The van der Waals surface area contributed by atoms with Gasteiger partial charge in [-0.05, 0) is 37.3 Å². The molecule has 1 aliphatic rings. The summed E-state index contributed by atoms with van der Waals surface area (Å²) >= 11 is 11.8. The first-order valence-electron chi connectivity index (χ1n) is 9.32. The standard InChI is InChI=1S/C21H19Cl2N3O5/c1-12-2-4-13(5-3-12)20(29)25-26-10-14(8-19(26)28)21(30)31-11-18(27)24-17-7-6-15(22)9-16(17)23/h2-7,9,14H,8,10-11H2,1H3,(H,24,27)(H,25,29)/t14-/m1/s1. The molecular formula is C21H19Cl2N3O5. The largest absolute Gasteiger partial charge is 0.455 e. The van der Waals surface area contributed by atoms with Gasteiger partial charge in [0.05, 0.1) is 23.2 Å². The first-order valence-corrected chi connectivity index (χ1v) is 10.1. The van der Waals surface area contributed by atoms with E-state index in [0.717, 1.165) is 10.6 Å². The number of carbonyl (C=O) groups excluding carboxylic acids is 4. The fourth-order valence-corrected chi connectivity index (χ4v) is 3.35. The molecule has 31 heavy (non-hydrogen) atoms. The number of amides is 3. The second-order valence-corrected chi connectivity index (χ2v) is 7.84. The number of carbonyl (C=O) groups is 4. The highest BCUT2D eigenvalue weighted by atomic mass is 35.5. The molecule has 0 radical (unpaired) electrons. The van der Waals surface area contributed by atoms with Crippen LogP contribution < -0.4 is 10.7 Å². The molecule has 1 aliphatic heterocycles. The van der Waals surface area contributed by atoms with Gasteiger partial charge in [0.1, 0.15) is 0 Å². The van der Waals surface area contributed by atoms with Crippen molar-refractivity contribution in [3.63, 3.8) is 0 Å². The predicted octanol–water partition coefficient (Wildman–Crippen LogP) is 2.98. The first-order chi connectivity index (χ1) is 14.7. The van der Waals surface area contributed by atoms with Crippen molar-refractivity contribution in [1.29, 1.82) is 0 Å². The minimum atomic E-state index is -0.794. The zero-order valence-electron chi connectivity index (χ0n) is 16.5. The Hall–Kier alpha value is -3.10. The van der Waals surface area contributed by atoms with Crippen LogP contribution in [0.15, 0.2) is 42.5 Å². The first kappa shape index (κ1) is 22.6. The summed E-state index contributed by atoms with van der Waals surface area (Å²) in [5.41, 5.74) is 4.21. The number of hydrogen-bond donors (Lipinski definition) is 2. The Morgan fingerprint density at radius 3 is 2.52 bits per heavy atom. The van der Waals surface area contributed by atoms with Crippen LogP contribution in [0.3, 0.4) is 0 Å². The number of rotatable bonds is 6. The minimum absolute atomic E-state index is 0.0418. The summed E-state index contributed by atoms with van der Waals surface area (Å²) in [6.45, 7) is 1.31. The molecule has 1 heterocycles. The molecule has 0 spiro atoms. The smallest absolute Gasteiger partial charge is 0.311 e. The lowest BCUT2D eigenvalue weighted by molar-refractivity contribution is -0.151. The molecule has 0 saturated carbocycles. The molecule has 0 bridgehead atoms. The summed E-state index contributed by atoms with van der Waals surface area (Å²) in [5.74, 6) is -2.97. The van der Waals surface area contributed by atoms with Crippen LogP contribution in [-0.4, -0.2) is 41.9 Å². The molecule has 8 nitrogen and oxygen atoms in total. The number of esters is 1. The van der Waals surface area contributed by atoms with E-state index < -0.39 is 36.2 Å². The lowest BCUT2D eigenvalue weighted by Crippen LogP contribution is -2.43. The van der Waals surface area contributed by atoms with E-state index in [1.165, 1.54) is 12.1 Å². The van der Waals surface area contributed by atoms with Crippen LogP contribution >= 0.6 is 23.2 Å². The zero-order valence-corrected chi connectivity index (χ0v) is 18.0. The lowest BCUT2D eigenvalue weighted by Gasteiger charge is -2.17. The van der Waals surface area contributed by atoms with Crippen molar-refractivity contribution >= 4 is 52.6 Å². The van der Waals surface area contributed by atoms with Gasteiger partial charge in [0.15, 0.2) is 6.61 Å². The van der Waals surface area contributed by atoms with E-state index >= 15 is 0 Å². The maximum absolute atomic E-state index is 12.3. The third kappa shape index (κ3) is 5.96. The van der Waals surface area contributed by atoms with Gasteiger partial charge in [0, 0.05) is 17.0 Å². The molecule has 0 unspecified atom stereocenters. The molecule has 1 saturated heterocycles. The van der Waals surface area contributed by atoms with Crippen LogP contribution in [0, 0.1) is 12.8 Å². The van der Waals surface area contributed by atoms with Crippen LogP contribution in [0.2, 0.25) is 10.0 Å². The molecular weight excluding hydrogens is 445 g/mol. The van der Waals surface area contributed by atoms with E-state index in [4.69, 9.17) is 27.9 Å². The van der Waals surface area contributed by atoms with E-state index in [1.807, 2.05) is 6.92 Å². The third-order valence-corrected chi connectivity index (χ3v) is 5.11. The normalized spacial score (nSPS) is 15.5. The van der Waals surface area contributed by atoms with Gasteiger partial charge in [-0.1, -0.05) is 40.9 Å². The molecule has 2 aromatic carbocycles. The Bertz CT molecular complexity index is 1030. The summed E-state index contributed by atoms with van der Waals surface area (Å²) in [5, 5.41) is 4.25. The Balaban J connectivity index is 1.48. The number of aryl methyl sites for hydroxylation is 1. The van der Waals surface area contributed by atoms with Gasteiger partial charge in [-0.15, -0.1) is 0 Å². The highest BCUT2D eigenvalue weighted by Crippen LogP contribution is 2.25. The second-order valence-electron chi connectivity index (χ2n) is 6.99. The summed E-state index contributed by atoms with van der Waals surface area (Å²) in [6, 6.07) is 11.4. The summed E-state index contributed by atoms with van der Waals surface area (Å²) in [4.78, 5) is 48.7. The Morgan fingerprint density at radius 2 is 1.84 bits per heavy atom. The summed E-state index contributed by atoms with van der Waals surface area (Å²) in [7, 11) is 0. The van der Waals surface area contributed by atoms with Gasteiger partial charge < -0.3 is 10.1 Å². The van der Waals surface area contributed by atoms with Gasteiger partial charge in [0.2, 0.25) is 5.91 Å². The summed E-state index contributed by atoms with van der Waals surface area (Å²) < 4.78 is 5.01. The molecule has 2 aromatic rings. The average molecular weight is 464 g/mol. The maximum atomic E-state index is 12.3. The number of hydrogen-bond acceptors (Lipinski definition) is 5. The number of nitrogens with zero attached hydrogens (tertiary/aromatic N) is 1. The van der Waals surface area contributed by atoms with Crippen LogP contribution in [0.1, 0.15) is 22.3 Å². The number of halogens is 2. The highest BCUT2D eigenvalue weighted by molar-refractivity contribution is 6.36. The van der Waals surface area contributed by atoms with Gasteiger partial charge in [0.25, 0.3) is 11.8 Å². The fourth-order valence-electron chi connectivity index (χ4n) is 2.90. The van der Waals surface area contributed by atoms with Crippen molar-refractivity contribution in [3.8, 4) is 0 Å². The van der Waals surface area contributed by atoms with Crippen LogP contribution in [-0.2, 0) is 19.1 Å². The molecule has 2 N–H and O–H groups in total. The second kappa shape index (κ2) is 9.80. The van der Waals surface area contributed by atoms with Crippen molar-refractivity contribution in [2.45, 2.75) is 13.3 Å². The van der Waals surface area contributed by atoms with E-state index in [1.54, 1.807) is 30.3 Å². The minimum Gasteiger partial charge on any atom is -0.455 e. The Morgan fingerprint density at radius 1 is 1.13 bits per heavy atom. The van der Waals surface area contributed by atoms with E-state index in [0.29, 0.717) is 16.3 Å². The summed E-state index contributed by atoms with van der Waals surface area (Å²) in [6.07, 6.45) is -0.127. The SMILES string of the molecule is Cc1ccc(C(=O)NN2C[C@H](C(=O)OCC(=O)Nc3ccc(Cl)cc3Cl)CC2=O)cc1. The molecule has 3 rings (SSSR count). The van der Waals surface area contributed by atoms with Gasteiger partial charge in [-0.3, -0.25) is 29.6 Å². The number of anilines is 1. The molecule has 3 amide bonds. The van der Waals surface area contributed by atoms with Gasteiger partial charge >= 0.3 is 5.97 Å². The molecule has 1 atom stereocenters. The topological polar surface area (TPSA) is 105 Å². The van der Waals surface area contributed by atoms with Crippen LogP contribution in [0.5, 0.6) is 0 Å². The molecule has 162 valence electrons. The quantitative estimate of drug-likeness (QED) is 0.640. The van der Waals surface area contributed by atoms with Crippen molar-refractivity contribution in [2.24, 2.45) is 5.92 Å². The van der Waals surface area contributed by atoms with Crippen LogP contribution in [0.25, 0.3) is 0 Å². The third-order valence-electron chi connectivity index (χ3n) is 4.56. The highest BCUT2D eigenvalue weighted by Gasteiger charge is 2.36. The number of benzene rings is 2. The molecule has 0 aliphatic carbocycles. The number of hydrazine groups is 1. The lowest BCUT2D eigenvalue weighted by atomic mass is 10.1. The van der Waals surface area contributed by atoms with Gasteiger partial charge in [-0.25, -0.2) is 0 Å². The number of nitrogens with one attached hydrogen (secondary N) is 2. The Kier molecular flexibility index (Phi) is 7.14. The molecule has 10 heteroatoms. The van der Waals surface area contributed by atoms with E-state index in [2.05, 4.69) is 10.7 Å². The monoisotopic (exact) mass is 463 g/mol. The van der Waals surface area contributed by atoms with Crippen molar-refractivity contribution in [3.05, 3.63) is 63.6 Å². The molecule has 0 aromatic heterocycles. The molecule has 1 fully saturated rings. The zero-order chi connectivity index (χ0) is 22.5. The van der Waals surface area contributed by atoms with Crippen molar-refractivity contribution in [1.82, 2.24) is 10.4 Å². The Labute approximate surface area is 188 Å². The maximum Gasteiger partial charge on any atom is 0.311 e. The van der Waals surface area contributed by atoms with E-state index in [9.17, 15) is 19.2 Å². The van der Waals surface area contributed by atoms with Crippen molar-refractivity contribution < 1.29 is 23.9 Å². The van der Waals surface area contributed by atoms with Crippen LogP contribution in [0.4, 0.5) is 5.69 Å². The van der Waals surface area contributed by atoms with Gasteiger partial charge in [-0.2, -0.15) is 0 Å². The fraction of sp³-hybridized carbons (Fsp3) is 0.238.